The summed E-state index contributed by atoms with van der Waals surface area (Å²) in [5.74, 6) is -2.02. The average Bonchev–Trinajstić information content (AvgIpc) is 3.31. The van der Waals surface area contributed by atoms with Crippen molar-refractivity contribution in [3.05, 3.63) is 37.8 Å². The van der Waals surface area contributed by atoms with Crippen LogP contribution in [-0.4, -0.2) is 75.6 Å². The Morgan fingerprint density at radius 2 is 2.09 bits per heavy atom. The van der Waals surface area contributed by atoms with Crippen LogP contribution >= 0.6 is 34.9 Å². The minimum atomic E-state index is -1.24. The first-order chi connectivity index (χ1) is 15.6. The van der Waals surface area contributed by atoms with E-state index in [-0.39, 0.29) is 11.4 Å². The van der Waals surface area contributed by atoms with Crippen molar-refractivity contribution in [1.82, 2.24) is 30.2 Å². The fourth-order valence-electron chi connectivity index (χ4n) is 3.46. The van der Waals surface area contributed by atoms with Crippen molar-refractivity contribution in [3.63, 3.8) is 0 Å². The smallest absolute Gasteiger partial charge is 0.352 e. The van der Waals surface area contributed by atoms with Gasteiger partial charge in [0.15, 0.2) is 4.34 Å². The molecule has 2 aromatic rings. The summed E-state index contributed by atoms with van der Waals surface area (Å²) in [7, 11) is 1.47. The lowest BCUT2D eigenvalue weighted by Crippen LogP contribution is -2.70. The molecule has 0 radical (unpaired) electrons. The van der Waals surface area contributed by atoms with Crippen LogP contribution in [0.25, 0.3) is 0 Å². The van der Waals surface area contributed by atoms with Gasteiger partial charge in [-0.2, -0.15) is 5.10 Å². The van der Waals surface area contributed by atoms with Gasteiger partial charge in [-0.1, -0.05) is 23.1 Å². The van der Waals surface area contributed by atoms with Gasteiger partial charge in [-0.05, 0) is 19.4 Å². The van der Waals surface area contributed by atoms with Crippen molar-refractivity contribution in [2.75, 3.05) is 11.5 Å². The number of hydrogen-bond acceptors (Lipinski definition) is 11. The summed E-state index contributed by atoms with van der Waals surface area (Å²) in [5.41, 5.74) is -0.182. The maximum absolute atomic E-state index is 12.8. The minimum absolute atomic E-state index is 0.109. The SMILES string of the molecule is Cc1nnc(SCC2=C(C(=O)O)N3C(=O)[C@H](NC(=O)c4nn(C)c(C)c4[N+](=O)[O-])[C@@H]3SC2)s1. The van der Waals surface area contributed by atoms with Crippen molar-refractivity contribution >= 4 is 58.3 Å². The zero-order valence-electron chi connectivity index (χ0n) is 17.5. The van der Waals surface area contributed by atoms with Crippen molar-refractivity contribution < 1.29 is 24.4 Å². The molecular formula is C17H17N7O6S3. The number of fused-ring (bicyclic) bond motifs is 1. The molecule has 1 fully saturated rings. The maximum atomic E-state index is 12.8. The predicted octanol–water partition coefficient (Wildman–Crippen LogP) is 0.941. The molecule has 0 saturated carbocycles. The predicted molar refractivity (Wildman–Crippen MR) is 119 cm³/mol. The molecule has 1 saturated heterocycles. The zero-order chi connectivity index (χ0) is 24.0. The Hall–Kier alpha value is -2.98. The van der Waals surface area contributed by atoms with Gasteiger partial charge >= 0.3 is 11.7 Å². The van der Waals surface area contributed by atoms with E-state index < -0.39 is 45.5 Å². The topological polar surface area (TPSA) is 173 Å². The molecule has 0 spiro atoms. The van der Waals surface area contributed by atoms with E-state index in [1.165, 1.54) is 53.5 Å². The van der Waals surface area contributed by atoms with Crippen LogP contribution in [0.5, 0.6) is 0 Å². The van der Waals surface area contributed by atoms with Crippen molar-refractivity contribution in [2.24, 2.45) is 7.05 Å². The van der Waals surface area contributed by atoms with Crippen LogP contribution in [-0.2, 0) is 16.6 Å². The number of aliphatic carboxylic acids is 1. The van der Waals surface area contributed by atoms with Gasteiger partial charge in [-0.3, -0.25) is 29.3 Å². The monoisotopic (exact) mass is 511 g/mol. The summed E-state index contributed by atoms with van der Waals surface area (Å²) < 4.78 is 1.91. The van der Waals surface area contributed by atoms with Gasteiger partial charge in [0.25, 0.3) is 11.8 Å². The highest BCUT2D eigenvalue weighted by Gasteiger charge is 2.54. The Kier molecular flexibility index (Phi) is 6.15. The van der Waals surface area contributed by atoms with Crippen LogP contribution in [0.15, 0.2) is 15.6 Å². The second-order valence-electron chi connectivity index (χ2n) is 7.16. The van der Waals surface area contributed by atoms with Crippen LogP contribution in [0.4, 0.5) is 5.69 Å². The molecule has 13 nitrogen and oxygen atoms in total. The molecule has 2 aliphatic heterocycles. The molecule has 2 aliphatic rings. The third kappa shape index (κ3) is 4.08. The molecule has 2 atom stereocenters. The summed E-state index contributed by atoms with van der Waals surface area (Å²) in [6, 6.07) is -1.02. The summed E-state index contributed by atoms with van der Waals surface area (Å²) >= 11 is 4.05. The third-order valence-corrected chi connectivity index (χ3v) is 8.51. The van der Waals surface area contributed by atoms with Crippen LogP contribution in [0.3, 0.4) is 0 Å². The fraction of sp³-hybridized carbons (Fsp3) is 0.412. The van der Waals surface area contributed by atoms with E-state index in [9.17, 15) is 29.6 Å². The number of carbonyl (C=O) groups is 3. The second-order valence-corrected chi connectivity index (χ2v) is 10.7. The van der Waals surface area contributed by atoms with E-state index in [1.54, 1.807) is 0 Å². The van der Waals surface area contributed by atoms with E-state index >= 15 is 0 Å². The van der Waals surface area contributed by atoms with Crippen LogP contribution in [0, 0.1) is 24.0 Å². The van der Waals surface area contributed by atoms with Crippen LogP contribution in [0.1, 0.15) is 21.2 Å². The number of hydrogen-bond donors (Lipinski definition) is 2. The zero-order valence-corrected chi connectivity index (χ0v) is 19.9. The first kappa shape index (κ1) is 23.2. The van der Waals surface area contributed by atoms with E-state index in [0.717, 1.165) is 9.91 Å². The van der Waals surface area contributed by atoms with E-state index in [2.05, 4.69) is 20.6 Å². The molecular weight excluding hydrogens is 494 g/mol. The second kappa shape index (κ2) is 8.75. The van der Waals surface area contributed by atoms with Crippen molar-refractivity contribution in [1.29, 1.82) is 0 Å². The molecule has 16 heteroatoms. The molecule has 4 heterocycles. The Balaban J connectivity index is 1.51. The highest BCUT2D eigenvalue weighted by Crippen LogP contribution is 2.42. The highest BCUT2D eigenvalue weighted by molar-refractivity contribution is 8.01. The highest BCUT2D eigenvalue weighted by atomic mass is 32.2. The lowest BCUT2D eigenvalue weighted by atomic mass is 10.0. The number of β-lactam (4-membered cyclic amide) rings is 1. The number of nitrogens with zero attached hydrogens (tertiary/aromatic N) is 6. The molecule has 174 valence electrons. The number of rotatable bonds is 7. The summed E-state index contributed by atoms with van der Waals surface area (Å²) in [5, 5.41) is 35.6. The van der Waals surface area contributed by atoms with E-state index in [1.807, 2.05) is 6.92 Å². The summed E-state index contributed by atoms with van der Waals surface area (Å²) in [6.07, 6.45) is 0. The largest absolute Gasteiger partial charge is 0.477 e. The maximum Gasteiger partial charge on any atom is 0.352 e. The summed E-state index contributed by atoms with van der Waals surface area (Å²) in [4.78, 5) is 49.3. The molecule has 0 bridgehead atoms. The van der Waals surface area contributed by atoms with Crippen LogP contribution < -0.4 is 5.32 Å². The van der Waals surface area contributed by atoms with Crippen LogP contribution in [0.2, 0.25) is 0 Å². The van der Waals surface area contributed by atoms with Gasteiger partial charge in [0.2, 0.25) is 5.69 Å². The minimum Gasteiger partial charge on any atom is -0.477 e. The lowest BCUT2D eigenvalue weighted by molar-refractivity contribution is -0.385. The number of thioether (sulfide) groups is 2. The number of carboxylic acids is 1. The van der Waals surface area contributed by atoms with E-state index in [4.69, 9.17) is 0 Å². The third-order valence-electron chi connectivity index (χ3n) is 5.11. The lowest BCUT2D eigenvalue weighted by Gasteiger charge is -2.49. The van der Waals surface area contributed by atoms with Gasteiger partial charge in [-0.25, -0.2) is 4.79 Å². The molecule has 2 aromatic heterocycles. The Morgan fingerprint density at radius 1 is 1.36 bits per heavy atom. The van der Waals surface area contributed by atoms with Gasteiger partial charge in [0, 0.05) is 18.6 Å². The molecule has 0 unspecified atom stereocenters. The van der Waals surface area contributed by atoms with Crippen molar-refractivity contribution in [3.8, 4) is 0 Å². The van der Waals surface area contributed by atoms with E-state index in [0.29, 0.717) is 21.4 Å². The molecule has 2 N–H and O–H groups in total. The first-order valence-corrected chi connectivity index (χ1v) is 12.3. The molecule has 4 rings (SSSR count). The standard InChI is InChI=1S/C17H17N7O6S3/c1-6-11(24(29)30)9(21-22(6)3)13(25)18-10-14(26)23-12(16(27)28)8(4-31-15(10)23)5-32-17-20-19-7(2)33-17/h10,15H,4-5H2,1-3H3,(H,18,25)(H,27,28)/t10-,15-/m0/s1. The molecule has 0 aromatic carbocycles. The molecule has 2 amide bonds. The average molecular weight is 512 g/mol. The quantitative estimate of drug-likeness (QED) is 0.234. The molecule has 33 heavy (non-hydrogen) atoms. The van der Waals surface area contributed by atoms with Crippen molar-refractivity contribution in [2.45, 2.75) is 29.6 Å². The number of nitrogens with one attached hydrogen (secondary N) is 1. The molecule has 0 aliphatic carbocycles. The number of amides is 2. The number of nitro groups is 1. The number of carbonyl (C=O) groups excluding carboxylic acids is 2. The Bertz CT molecular complexity index is 1220. The van der Waals surface area contributed by atoms with Gasteiger partial charge < -0.3 is 10.4 Å². The number of aromatic nitrogens is 4. The van der Waals surface area contributed by atoms with Gasteiger partial charge in [0.1, 0.15) is 27.8 Å². The number of aryl methyl sites for hydroxylation is 2. The summed E-state index contributed by atoms with van der Waals surface area (Å²) in [6.45, 7) is 3.28. The van der Waals surface area contributed by atoms with Gasteiger partial charge in [-0.15, -0.1) is 22.0 Å². The Morgan fingerprint density at radius 3 is 2.70 bits per heavy atom. The van der Waals surface area contributed by atoms with Gasteiger partial charge in [0.05, 0.1) is 4.92 Å². The normalized spacial score (nSPS) is 19.8. The number of carboxylic acid groups (broad SMARTS) is 1. The Labute approximate surface area is 198 Å². The first-order valence-electron chi connectivity index (χ1n) is 9.42. The fourth-order valence-corrected chi connectivity index (χ4v) is 6.76.